The van der Waals surface area contributed by atoms with Gasteiger partial charge in [-0.05, 0) is 37.1 Å². The number of hydrogen-bond acceptors (Lipinski definition) is 8. The van der Waals surface area contributed by atoms with Gasteiger partial charge in [0.1, 0.15) is 11.5 Å². The average molecular weight is 438 g/mol. The molecule has 1 aliphatic heterocycles. The van der Waals surface area contributed by atoms with E-state index in [2.05, 4.69) is 20.3 Å². The Hall–Kier alpha value is -3.63. The van der Waals surface area contributed by atoms with Crippen molar-refractivity contribution in [3.05, 3.63) is 53.1 Å². The van der Waals surface area contributed by atoms with Gasteiger partial charge in [0.2, 0.25) is 0 Å². The van der Waals surface area contributed by atoms with Gasteiger partial charge in [0.15, 0.2) is 0 Å². The van der Waals surface area contributed by atoms with Crippen LogP contribution in [0.1, 0.15) is 48.3 Å². The molecule has 3 heterocycles. The van der Waals surface area contributed by atoms with Gasteiger partial charge in [0.05, 0.1) is 24.2 Å². The standard InChI is InChI=1S/C22H27N7O3/c1-3-5-29(32-4-2)22(31)15-7-16-12-26-19(9-18(16)28-20(24)8-15)21(30)27-17-6-14(10-23)11-25-13-17/h6-7,9,11-13H,3-5,8,10,23H2,1-2H3,(H2,24,28)(H,27,30). The van der Waals surface area contributed by atoms with Crippen molar-refractivity contribution < 1.29 is 14.4 Å². The van der Waals surface area contributed by atoms with Crippen LogP contribution in [0.2, 0.25) is 0 Å². The van der Waals surface area contributed by atoms with Crippen LogP contribution in [0.4, 0.5) is 11.4 Å². The molecule has 0 saturated heterocycles. The Morgan fingerprint density at radius 2 is 2.03 bits per heavy atom. The van der Waals surface area contributed by atoms with E-state index in [1.165, 1.54) is 23.5 Å². The van der Waals surface area contributed by atoms with Gasteiger partial charge in [-0.1, -0.05) is 6.92 Å². The topological polar surface area (TPSA) is 149 Å². The van der Waals surface area contributed by atoms with Gasteiger partial charge in [0.25, 0.3) is 11.8 Å². The zero-order valence-electron chi connectivity index (χ0n) is 18.2. The van der Waals surface area contributed by atoms with Crippen LogP contribution in [0.5, 0.6) is 0 Å². The van der Waals surface area contributed by atoms with Crippen molar-refractivity contribution in [1.82, 2.24) is 15.0 Å². The molecule has 5 N–H and O–H groups in total. The molecule has 0 aromatic carbocycles. The van der Waals surface area contributed by atoms with Crippen molar-refractivity contribution in [3.63, 3.8) is 0 Å². The molecule has 0 atom stereocenters. The van der Waals surface area contributed by atoms with Gasteiger partial charge in [-0.3, -0.25) is 24.4 Å². The van der Waals surface area contributed by atoms with Gasteiger partial charge in [-0.15, -0.1) is 0 Å². The first-order chi connectivity index (χ1) is 15.4. The number of fused-ring (bicyclic) bond motifs is 1. The first-order valence-corrected chi connectivity index (χ1v) is 10.4. The molecule has 10 heteroatoms. The highest BCUT2D eigenvalue weighted by Gasteiger charge is 2.22. The number of nitrogens with zero attached hydrogens (tertiary/aromatic N) is 4. The van der Waals surface area contributed by atoms with Gasteiger partial charge in [-0.25, -0.2) is 10.1 Å². The molecule has 0 radical (unpaired) electrons. The number of pyridine rings is 2. The summed E-state index contributed by atoms with van der Waals surface area (Å²) in [5, 5.41) is 4.08. The van der Waals surface area contributed by atoms with Crippen molar-refractivity contribution in [3.8, 4) is 0 Å². The Labute approximate surface area is 186 Å². The quantitative estimate of drug-likeness (QED) is 0.536. The largest absolute Gasteiger partial charge is 0.387 e. The van der Waals surface area contributed by atoms with E-state index < -0.39 is 5.91 Å². The van der Waals surface area contributed by atoms with Crippen molar-refractivity contribution in [1.29, 1.82) is 0 Å². The van der Waals surface area contributed by atoms with E-state index in [9.17, 15) is 9.59 Å². The van der Waals surface area contributed by atoms with Crippen LogP contribution >= 0.6 is 0 Å². The third kappa shape index (κ3) is 5.54. The van der Waals surface area contributed by atoms with Crippen LogP contribution in [0.3, 0.4) is 0 Å². The number of nitrogens with one attached hydrogen (secondary N) is 1. The summed E-state index contributed by atoms with van der Waals surface area (Å²) in [5.74, 6) is -0.435. The zero-order valence-corrected chi connectivity index (χ0v) is 18.2. The molecule has 0 spiro atoms. The number of anilines is 1. The molecule has 2 amide bonds. The lowest BCUT2D eigenvalue weighted by Gasteiger charge is -2.21. The fourth-order valence-electron chi connectivity index (χ4n) is 3.16. The first kappa shape index (κ1) is 23.0. The number of amidine groups is 1. The third-order valence-electron chi connectivity index (χ3n) is 4.61. The van der Waals surface area contributed by atoms with E-state index in [0.29, 0.717) is 42.2 Å². The van der Waals surface area contributed by atoms with Crippen LogP contribution < -0.4 is 16.8 Å². The van der Waals surface area contributed by atoms with Crippen molar-refractivity contribution >= 4 is 35.1 Å². The lowest BCUT2D eigenvalue weighted by atomic mass is 10.1. The van der Waals surface area contributed by atoms with Crippen LogP contribution in [0.15, 0.2) is 41.3 Å². The van der Waals surface area contributed by atoms with E-state index in [0.717, 1.165) is 12.0 Å². The maximum atomic E-state index is 12.9. The van der Waals surface area contributed by atoms with Gasteiger partial charge in [0, 0.05) is 43.0 Å². The molecular weight excluding hydrogens is 410 g/mol. The van der Waals surface area contributed by atoms with Gasteiger partial charge < -0.3 is 16.8 Å². The summed E-state index contributed by atoms with van der Waals surface area (Å²) in [6.45, 7) is 4.94. The van der Waals surface area contributed by atoms with Gasteiger partial charge >= 0.3 is 0 Å². The minimum atomic E-state index is -0.424. The maximum absolute atomic E-state index is 12.9. The predicted molar refractivity (Wildman–Crippen MR) is 122 cm³/mol. The minimum absolute atomic E-state index is 0.156. The fraction of sp³-hybridized carbons (Fsp3) is 0.318. The number of rotatable bonds is 8. The number of carbonyl (C=O) groups excluding carboxylic acids is 2. The highest BCUT2D eigenvalue weighted by molar-refractivity contribution is 6.06. The summed E-state index contributed by atoms with van der Waals surface area (Å²) in [7, 11) is 0. The lowest BCUT2D eigenvalue weighted by Crippen LogP contribution is -2.34. The predicted octanol–water partition coefficient (Wildman–Crippen LogP) is 2.15. The second kappa shape index (κ2) is 10.6. The fourth-order valence-corrected chi connectivity index (χ4v) is 3.16. The number of amides is 2. The Balaban J connectivity index is 1.86. The minimum Gasteiger partial charge on any atom is -0.387 e. The molecule has 168 valence electrons. The molecule has 1 aliphatic rings. The lowest BCUT2D eigenvalue weighted by molar-refractivity contribution is -0.180. The summed E-state index contributed by atoms with van der Waals surface area (Å²) < 4.78 is 0. The normalized spacial score (nSPS) is 12.8. The summed E-state index contributed by atoms with van der Waals surface area (Å²) in [6, 6.07) is 3.28. The second-order valence-electron chi connectivity index (χ2n) is 7.14. The second-order valence-corrected chi connectivity index (χ2v) is 7.14. The van der Waals surface area contributed by atoms with E-state index in [4.69, 9.17) is 16.3 Å². The first-order valence-electron chi connectivity index (χ1n) is 10.4. The maximum Gasteiger partial charge on any atom is 0.274 e. The van der Waals surface area contributed by atoms with E-state index in [-0.39, 0.29) is 23.9 Å². The number of aliphatic imine (C=N–C) groups is 1. The van der Waals surface area contributed by atoms with Crippen LogP contribution in [-0.4, -0.2) is 45.8 Å². The molecule has 0 bridgehead atoms. The number of aromatic nitrogens is 2. The molecule has 0 unspecified atom stereocenters. The molecule has 2 aromatic heterocycles. The Morgan fingerprint density at radius 3 is 2.75 bits per heavy atom. The van der Waals surface area contributed by atoms with Crippen LogP contribution in [0, 0.1) is 0 Å². The number of hydroxylamine groups is 2. The number of hydrogen-bond donors (Lipinski definition) is 3. The Kier molecular flexibility index (Phi) is 7.63. The smallest absolute Gasteiger partial charge is 0.274 e. The Bertz CT molecular complexity index is 1060. The molecule has 3 rings (SSSR count). The monoisotopic (exact) mass is 437 g/mol. The summed E-state index contributed by atoms with van der Waals surface area (Å²) in [6.07, 6.45) is 7.26. The number of carbonyl (C=O) groups is 2. The molecule has 2 aromatic rings. The molecule has 0 saturated carbocycles. The average Bonchev–Trinajstić information content (AvgIpc) is 2.95. The van der Waals surface area contributed by atoms with Crippen LogP contribution in [0.25, 0.3) is 6.08 Å². The molecular formula is C22H27N7O3. The third-order valence-corrected chi connectivity index (χ3v) is 4.61. The van der Waals surface area contributed by atoms with E-state index in [1.807, 2.05) is 13.8 Å². The molecule has 32 heavy (non-hydrogen) atoms. The summed E-state index contributed by atoms with van der Waals surface area (Å²) >= 11 is 0. The summed E-state index contributed by atoms with van der Waals surface area (Å²) in [4.78, 5) is 43.7. The number of nitrogens with two attached hydrogens (primary N) is 2. The zero-order chi connectivity index (χ0) is 23.1. The molecule has 0 aliphatic carbocycles. The van der Waals surface area contributed by atoms with E-state index >= 15 is 0 Å². The molecule has 0 fully saturated rings. The van der Waals surface area contributed by atoms with E-state index in [1.54, 1.807) is 18.3 Å². The van der Waals surface area contributed by atoms with Crippen molar-refractivity contribution in [2.75, 3.05) is 18.5 Å². The SMILES string of the molecule is CCCN(OCC)C(=O)C1=Cc2cnc(C(=O)Nc3cncc(CN)c3)cc2N=C(N)C1. The highest BCUT2D eigenvalue weighted by atomic mass is 16.7. The van der Waals surface area contributed by atoms with Gasteiger partial charge in [-0.2, -0.15) is 0 Å². The summed E-state index contributed by atoms with van der Waals surface area (Å²) in [5.41, 5.74) is 14.6. The van der Waals surface area contributed by atoms with Crippen molar-refractivity contribution in [2.45, 2.75) is 33.2 Å². The Morgan fingerprint density at radius 1 is 1.22 bits per heavy atom. The highest BCUT2D eigenvalue weighted by Crippen LogP contribution is 2.27. The molecule has 10 nitrogen and oxygen atoms in total. The van der Waals surface area contributed by atoms with Crippen molar-refractivity contribution in [2.24, 2.45) is 16.5 Å². The van der Waals surface area contributed by atoms with Crippen LogP contribution in [-0.2, 0) is 16.2 Å².